The van der Waals surface area contributed by atoms with Crippen LogP contribution in [-0.4, -0.2) is 55.0 Å². The summed E-state index contributed by atoms with van der Waals surface area (Å²) in [6.07, 6.45) is 1.42. The highest BCUT2D eigenvalue weighted by Gasteiger charge is 2.35. The minimum Gasteiger partial charge on any atom is -0.494 e. The average Bonchev–Trinajstić information content (AvgIpc) is 2.66. The molecule has 7 heteroatoms. The lowest BCUT2D eigenvalue weighted by Crippen LogP contribution is -2.57. The maximum atomic E-state index is 12.9. The number of benzene rings is 1. The fourth-order valence-corrected chi connectivity index (χ4v) is 2.70. The lowest BCUT2D eigenvalue weighted by molar-refractivity contribution is -0.147. The minimum absolute atomic E-state index is 0.149. The molecule has 2 rings (SSSR count). The molecule has 1 aliphatic heterocycles. The predicted molar refractivity (Wildman–Crippen MR) is 95.9 cm³/mol. The number of nitrogens with zero attached hydrogens (tertiary/aromatic N) is 1. The van der Waals surface area contributed by atoms with Crippen molar-refractivity contribution in [2.24, 2.45) is 0 Å². The molecule has 142 valence electrons. The van der Waals surface area contributed by atoms with Crippen LogP contribution in [0.25, 0.3) is 0 Å². The Balaban J connectivity index is 2.13. The Kier molecular flexibility index (Phi) is 7.44. The van der Waals surface area contributed by atoms with Crippen LogP contribution >= 0.6 is 0 Å². The third-order valence-corrected chi connectivity index (χ3v) is 3.97. The molecule has 1 unspecified atom stereocenters. The Morgan fingerprint density at radius 3 is 2.73 bits per heavy atom. The van der Waals surface area contributed by atoms with Crippen LogP contribution < -0.4 is 10.1 Å². The van der Waals surface area contributed by atoms with E-state index >= 15 is 0 Å². The van der Waals surface area contributed by atoms with Crippen molar-refractivity contribution in [2.45, 2.75) is 39.2 Å². The minimum atomic E-state index is -0.860. The normalized spacial score (nSPS) is 16.8. The van der Waals surface area contributed by atoms with Gasteiger partial charge in [-0.1, -0.05) is 19.9 Å². The molecule has 1 saturated heterocycles. The van der Waals surface area contributed by atoms with Crippen LogP contribution in [0.1, 0.15) is 43.5 Å². The van der Waals surface area contributed by atoms with Gasteiger partial charge in [0.25, 0.3) is 5.91 Å². The van der Waals surface area contributed by atoms with Gasteiger partial charge in [0.2, 0.25) is 5.91 Å². The number of esters is 1. The first-order valence-electron chi connectivity index (χ1n) is 9.04. The number of ether oxygens (including phenoxy) is 2. The van der Waals surface area contributed by atoms with Crippen molar-refractivity contribution in [3.05, 3.63) is 29.8 Å². The predicted octanol–water partition coefficient (Wildman–Crippen LogP) is 1.76. The van der Waals surface area contributed by atoms with Gasteiger partial charge in [-0.05, 0) is 31.0 Å². The van der Waals surface area contributed by atoms with E-state index in [1.807, 2.05) is 13.8 Å². The zero-order chi connectivity index (χ0) is 18.9. The second kappa shape index (κ2) is 9.79. The van der Waals surface area contributed by atoms with E-state index in [0.717, 1.165) is 6.42 Å². The standard InChI is InChI=1S/C19H26N2O5/c1-3-10-25-15-7-5-6-14(12-15)19(24)21-9-8-20-18(23)16(21)13-17(22)26-11-4-2/h5-7,12,16H,3-4,8-11,13H2,1-2H3,(H,20,23). The summed E-state index contributed by atoms with van der Waals surface area (Å²) in [5.41, 5.74) is 0.431. The second-order valence-corrected chi connectivity index (χ2v) is 6.11. The molecular weight excluding hydrogens is 336 g/mol. The summed E-state index contributed by atoms with van der Waals surface area (Å²) in [6.45, 7) is 5.47. The van der Waals surface area contributed by atoms with Gasteiger partial charge in [-0.3, -0.25) is 14.4 Å². The Labute approximate surface area is 153 Å². The summed E-state index contributed by atoms with van der Waals surface area (Å²) >= 11 is 0. The summed E-state index contributed by atoms with van der Waals surface area (Å²) in [5, 5.41) is 2.70. The van der Waals surface area contributed by atoms with Crippen LogP contribution in [0.3, 0.4) is 0 Å². The topological polar surface area (TPSA) is 84.9 Å². The number of nitrogens with one attached hydrogen (secondary N) is 1. The van der Waals surface area contributed by atoms with Crippen LogP contribution in [0.4, 0.5) is 0 Å². The maximum absolute atomic E-state index is 12.9. The van der Waals surface area contributed by atoms with Crippen molar-refractivity contribution in [3.8, 4) is 5.75 Å². The molecule has 0 aliphatic carbocycles. The molecular formula is C19H26N2O5. The zero-order valence-electron chi connectivity index (χ0n) is 15.3. The van der Waals surface area contributed by atoms with Crippen LogP contribution in [0.15, 0.2) is 24.3 Å². The van der Waals surface area contributed by atoms with E-state index in [2.05, 4.69) is 5.32 Å². The first-order valence-corrected chi connectivity index (χ1v) is 9.04. The number of rotatable bonds is 8. The average molecular weight is 362 g/mol. The second-order valence-electron chi connectivity index (χ2n) is 6.11. The van der Waals surface area contributed by atoms with Crippen molar-refractivity contribution >= 4 is 17.8 Å². The third-order valence-electron chi connectivity index (χ3n) is 3.97. The van der Waals surface area contributed by atoms with Gasteiger partial charge < -0.3 is 19.7 Å². The molecule has 0 spiro atoms. The number of carbonyl (C=O) groups is 3. The largest absolute Gasteiger partial charge is 0.494 e. The molecule has 1 N–H and O–H groups in total. The lowest BCUT2D eigenvalue weighted by Gasteiger charge is -2.34. The zero-order valence-corrected chi connectivity index (χ0v) is 15.3. The van der Waals surface area contributed by atoms with E-state index in [0.29, 0.717) is 44.0 Å². The Morgan fingerprint density at radius 2 is 2.00 bits per heavy atom. The van der Waals surface area contributed by atoms with Crippen molar-refractivity contribution in [1.82, 2.24) is 10.2 Å². The van der Waals surface area contributed by atoms with E-state index in [1.54, 1.807) is 24.3 Å². The Morgan fingerprint density at radius 1 is 1.23 bits per heavy atom. The molecule has 0 saturated carbocycles. The molecule has 2 amide bonds. The quantitative estimate of drug-likeness (QED) is 0.712. The van der Waals surface area contributed by atoms with Crippen molar-refractivity contribution < 1.29 is 23.9 Å². The van der Waals surface area contributed by atoms with E-state index in [1.165, 1.54) is 4.90 Å². The van der Waals surface area contributed by atoms with Gasteiger partial charge in [0.15, 0.2) is 0 Å². The van der Waals surface area contributed by atoms with Crippen LogP contribution in [0.2, 0.25) is 0 Å². The van der Waals surface area contributed by atoms with Gasteiger partial charge >= 0.3 is 5.97 Å². The van der Waals surface area contributed by atoms with Gasteiger partial charge in [-0.15, -0.1) is 0 Å². The monoisotopic (exact) mass is 362 g/mol. The van der Waals surface area contributed by atoms with Crippen LogP contribution in [0.5, 0.6) is 5.75 Å². The summed E-state index contributed by atoms with van der Waals surface area (Å²) in [7, 11) is 0. The van der Waals surface area contributed by atoms with E-state index < -0.39 is 12.0 Å². The van der Waals surface area contributed by atoms with Gasteiger partial charge in [0.1, 0.15) is 11.8 Å². The number of carbonyl (C=O) groups excluding carboxylic acids is 3. The molecule has 1 heterocycles. The molecule has 1 atom stereocenters. The molecule has 0 radical (unpaired) electrons. The van der Waals surface area contributed by atoms with Crippen molar-refractivity contribution in [3.63, 3.8) is 0 Å². The first kappa shape index (κ1) is 19.8. The van der Waals surface area contributed by atoms with Gasteiger partial charge in [-0.2, -0.15) is 0 Å². The molecule has 7 nitrogen and oxygen atoms in total. The van der Waals surface area contributed by atoms with Gasteiger partial charge in [0.05, 0.1) is 19.6 Å². The Hall–Kier alpha value is -2.57. The highest BCUT2D eigenvalue weighted by Crippen LogP contribution is 2.19. The third kappa shape index (κ3) is 5.21. The lowest BCUT2D eigenvalue weighted by atomic mass is 10.1. The molecule has 0 aromatic heterocycles. The number of hydrogen-bond acceptors (Lipinski definition) is 5. The maximum Gasteiger partial charge on any atom is 0.308 e. The summed E-state index contributed by atoms with van der Waals surface area (Å²) in [5.74, 6) is -0.503. The van der Waals surface area contributed by atoms with Crippen LogP contribution in [-0.2, 0) is 14.3 Å². The SMILES string of the molecule is CCCOC(=O)CC1C(=O)NCCN1C(=O)c1cccc(OCCC)c1. The first-order chi connectivity index (χ1) is 12.6. The number of piperazine rings is 1. The highest BCUT2D eigenvalue weighted by molar-refractivity contribution is 5.99. The molecule has 1 fully saturated rings. The van der Waals surface area contributed by atoms with Crippen LogP contribution in [0, 0.1) is 0 Å². The fraction of sp³-hybridized carbons (Fsp3) is 0.526. The summed E-state index contributed by atoms with van der Waals surface area (Å²) in [4.78, 5) is 38.5. The Bertz CT molecular complexity index is 647. The molecule has 26 heavy (non-hydrogen) atoms. The van der Waals surface area contributed by atoms with E-state index in [9.17, 15) is 14.4 Å². The summed E-state index contributed by atoms with van der Waals surface area (Å²) < 4.78 is 10.6. The smallest absolute Gasteiger partial charge is 0.308 e. The molecule has 1 aromatic rings. The van der Waals surface area contributed by atoms with Crippen molar-refractivity contribution in [2.75, 3.05) is 26.3 Å². The number of amides is 2. The summed E-state index contributed by atoms with van der Waals surface area (Å²) in [6, 6.07) is 6.01. The van der Waals surface area contributed by atoms with Crippen molar-refractivity contribution in [1.29, 1.82) is 0 Å². The number of hydrogen-bond donors (Lipinski definition) is 1. The molecule has 0 bridgehead atoms. The molecule has 1 aromatic carbocycles. The highest BCUT2D eigenvalue weighted by atomic mass is 16.5. The van der Waals surface area contributed by atoms with Gasteiger partial charge in [-0.25, -0.2) is 0 Å². The fourth-order valence-electron chi connectivity index (χ4n) is 2.70. The van der Waals surface area contributed by atoms with E-state index in [-0.39, 0.29) is 18.2 Å². The van der Waals surface area contributed by atoms with E-state index in [4.69, 9.17) is 9.47 Å². The molecule has 1 aliphatic rings. The van der Waals surface area contributed by atoms with Gasteiger partial charge in [0, 0.05) is 18.7 Å².